The highest BCUT2D eigenvalue weighted by atomic mass is 35.5. The maximum Gasteiger partial charge on any atom is 0.160 e. The van der Waals surface area contributed by atoms with Gasteiger partial charge in [-0.3, -0.25) is 4.79 Å². The van der Waals surface area contributed by atoms with Crippen molar-refractivity contribution in [2.45, 2.75) is 27.2 Å². The van der Waals surface area contributed by atoms with Crippen LogP contribution in [0.5, 0.6) is 0 Å². The minimum atomic E-state index is 0.0421. The Bertz CT molecular complexity index is 876. The zero-order valence-electron chi connectivity index (χ0n) is 13.5. The van der Waals surface area contributed by atoms with E-state index in [1.807, 2.05) is 18.2 Å². The van der Waals surface area contributed by atoms with E-state index >= 15 is 0 Å². The van der Waals surface area contributed by atoms with E-state index in [9.17, 15) is 4.79 Å². The van der Waals surface area contributed by atoms with Gasteiger partial charge < -0.3 is 0 Å². The number of carbonyl (C=O) groups is 1. The summed E-state index contributed by atoms with van der Waals surface area (Å²) in [5.74, 6) is 0.680. The fourth-order valence-electron chi connectivity index (χ4n) is 2.88. The third kappa shape index (κ3) is 3.34. The van der Waals surface area contributed by atoms with Gasteiger partial charge in [0.2, 0.25) is 0 Å². The molecule has 0 saturated carbocycles. The Labute approximate surface area is 145 Å². The molecule has 0 fully saturated rings. The molecule has 0 amide bonds. The molecule has 118 valence electrons. The minimum absolute atomic E-state index is 0.0421. The summed E-state index contributed by atoms with van der Waals surface area (Å²) in [5, 5.41) is 1.85. The van der Waals surface area contributed by atoms with E-state index in [2.05, 4.69) is 38.1 Å². The van der Waals surface area contributed by atoms with Gasteiger partial charge >= 0.3 is 0 Å². The number of thiophene rings is 1. The van der Waals surface area contributed by atoms with E-state index in [0.29, 0.717) is 16.5 Å². The number of ketones is 1. The number of hydrogen-bond donors (Lipinski definition) is 0. The highest BCUT2D eigenvalue weighted by molar-refractivity contribution is 7.22. The number of carbonyl (C=O) groups excluding carboxylic acids is 1. The fourth-order valence-corrected chi connectivity index (χ4v) is 4.33. The predicted octanol–water partition coefficient (Wildman–Crippen LogP) is 6.62. The number of Topliss-reactive ketones (excluding diaryl/α,β-unsaturated/α-hetero) is 1. The quantitative estimate of drug-likeness (QED) is 0.487. The summed E-state index contributed by atoms with van der Waals surface area (Å²) in [7, 11) is 0. The zero-order chi connectivity index (χ0) is 16.6. The molecule has 0 spiro atoms. The van der Waals surface area contributed by atoms with Gasteiger partial charge in [-0.05, 0) is 48.4 Å². The number of hydrogen-bond acceptors (Lipinski definition) is 2. The van der Waals surface area contributed by atoms with Gasteiger partial charge in [-0.15, -0.1) is 11.3 Å². The molecule has 0 bridgehead atoms. The average Bonchev–Trinajstić information content (AvgIpc) is 2.88. The normalized spacial score (nSPS) is 11.3. The van der Waals surface area contributed by atoms with Gasteiger partial charge in [0.15, 0.2) is 5.78 Å². The maximum atomic E-state index is 11.9. The summed E-state index contributed by atoms with van der Waals surface area (Å²) in [5.41, 5.74) is 2.89. The van der Waals surface area contributed by atoms with E-state index in [1.54, 1.807) is 18.3 Å². The lowest BCUT2D eigenvalue weighted by Gasteiger charge is -2.06. The van der Waals surface area contributed by atoms with Crippen molar-refractivity contribution in [3.8, 4) is 10.4 Å². The SMILES string of the molecule is CC(=O)c1cccc(Cl)c1-c1cc2cc(CC(C)C)ccc2s1. The summed E-state index contributed by atoms with van der Waals surface area (Å²) in [6.07, 6.45) is 1.08. The average molecular weight is 343 g/mol. The Hall–Kier alpha value is -1.64. The Kier molecular flexibility index (Phi) is 4.56. The Morgan fingerprint density at radius 1 is 1.17 bits per heavy atom. The molecular formula is C20H19ClOS. The van der Waals surface area contributed by atoms with Crippen molar-refractivity contribution in [1.29, 1.82) is 0 Å². The summed E-state index contributed by atoms with van der Waals surface area (Å²) in [6.45, 7) is 6.04. The molecule has 1 heterocycles. The highest BCUT2D eigenvalue weighted by Gasteiger charge is 2.15. The lowest BCUT2D eigenvalue weighted by Crippen LogP contribution is -1.95. The van der Waals surface area contributed by atoms with Crippen LogP contribution >= 0.6 is 22.9 Å². The van der Waals surface area contributed by atoms with E-state index in [4.69, 9.17) is 11.6 Å². The van der Waals surface area contributed by atoms with Crippen molar-refractivity contribution in [2.24, 2.45) is 5.92 Å². The lowest BCUT2D eigenvalue weighted by atomic mass is 10.0. The molecule has 2 aromatic carbocycles. The molecule has 0 atom stereocenters. The van der Waals surface area contributed by atoms with Crippen molar-refractivity contribution in [3.63, 3.8) is 0 Å². The molecule has 0 aliphatic carbocycles. The second kappa shape index (κ2) is 6.46. The van der Waals surface area contributed by atoms with Gasteiger partial charge in [0.1, 0.15) is 0 Å². The lowest BCUT2D eigenvalue weighted by molar-refractivity contribution is 0.101. The summed E-state index contributed by atoms with van der Waals surface area (Å²) < 4.78 is 1.22. The van der Waals surface area contributed by atoms with Crippen molar-refractivity contribution in [1.82, 2.24) is 0 Å². The van der Waals surface area contributed by atoms with E-state index < -0.39 is 0 Å². The summed E-state index contributed by atoms with van der Waals surface area (Å²) in [6, 6.07) is 14.3. The van der Waals surface area contributed by atoms with Crippen LogP contribution in [-0.2, 0) is 6.42 Å². The van der Waals surface area contributed by atoms with Crippen LogP contribution in [0.3, 0.4) is 0 Å². The second-order valence-electron chi connectivity index (χ2n) is 6.30. The number of fused-ring (bicyclic) bond motifs is 1. The number of rotatable bonds is 4. The van der Waals surface area contributed by atoms with Crippen LogP contribution in [0.2, 0.25) is 5.02 Å². The molecule has 1 aromatic heterocycles. The van der Waals surface area contributed by atoms with Crippen LogP contribution in [0.4, 0.5) is 0 Å². The molecule has 0 unspecified atom stereocenters. The molecule has 0 saturated heterocycles. The second-order valence-corrected chi connectivity index (χ2v) is 7.79. The predicted molar refractivity (Wildman–Crippen MR) is 101 cm³/mol. The van der Waals surface area contributed by atoms with Crippen LogP contribution < -0.4 is 0 Å². The fraction of sp³-hybridized carbons (Fsp3) is 0.250. The van der Waals surface area contributed by atoms with E-state index in [-0.39, 0.29) is 5.78 Å². The van der Waals surface area contributed by atoms with E-state index in [0.717, 1.165) is 16.9 Å². The van der Waals surface area contributed by atoms with Crippen molar-refractivity contribution in [3.05, 3.63) is 58.6 Å². The van der Waals surface area contributed by atoms with Crippen LogP contribution in [-0.4, -0.2) is 5.78 Å². The van der Waals surface area contributed by atoms with Crippen molar-refractivity contribution in [2.75, 3.05) is 0 Å². The number of benzene rings is 2. The first-order chi connectivity index (χ1) is 11.0. The first kappa shape index (κ1) is 16.2. The van der Waals surface area contributed by atoms with Gasteiger partial charge in [0, 0.05) is 25.7 Å². The van der Waals surface area contributed by atoms with Crippen molar-refractivity contribution < 1.29 is 4.79 Å². The zero-order valence-corrected chi connectivity index (χ0v) is 15.1. The molecule has 0 N–H and O–H groups in total. The molecule has 23 heavy (non-hydrogen) atoms. The van der Waals surface area contributed by atoms with Crippen molar-refractivity contribution >= 4 is 38.8 Å². The Balaban J connectivity index is 2.13. The Morgan fingerprint density at radius 3 is 2.65 bits per heavy atom. The standard InChI is InChI=1S/C20H19ClOS/c1-12(2)9-14-7-8-18-15(10-14)11-19(23-18)20-16(13(3)22)5-4-6-17(20)21/h4-8,10-12H,9H2,1-3H3. The maximum absolute atomic E-state index is 11.9. The monoisotopic (exact) mass is 342 g/mol. The van der Waals surface area contributed by atoms with Gasteiger partial charge in [0.25, 0.3) is 0 Å². The van der Waals surface area contributed by atoms with Crippen LogP contribution in [0.15, 0.2) is 42.5 Å². The smallest absolute Gasteiger partial charge is 0.160 e. The highest BCUT2D eigenvalue weighted by Crippen LogP contribution is 2.39. The largest absolute Gasteiger partial charge is 0.294 e. The van der Waals surface area contributed by atoms with E-state index in [1.165, 1.54) is 15.6 Å². The molecule has 3 rings (SSSR count). The van der Waals surface area contributed by atoms with Gasteiger partial charge in [-0.2, -0.15) is 0 Å². The van der Waals surface area contributed by atoms with Crippen LogP contribution in [0.25, 0.3) is 20.5 Å². The van der Waals surface area contributed by atoms with Crippen LogP contribution in [0.1, 0.15) is 36.7 Å². The molecular weight excluding hydrogens is 324 g/mol. The molecule has 1 nitrogen and oxygen atoms in total. The molecule has 0 radical (unpaired) electrons. The Morgan fingerprint density at radius 2 is 1.96 bits per heavy atom. The van der Waals surface area contributed by atoms with Crippen LogP contribution in [0, 0.1) is 5.92 Å². The summed E-state index contributed by atoms with van der Waals surface area (Å²) in [4.78, 5) is 13.0. The topological polar surface area (TPSA) is 17.1 Å². The third-order valence-corrected chi connectivity index (χ3v) is 5.31. The van der Waals surface area contributed by atoms with Gasteiger partial charge in [-0.25, -0.2) is 0 Å². The first-order valence-corrected chi connectivity index (χ1v) is 8.97. The molecule has 3 heteroatoms. The van der Waals surface area contributed by atoms with Gasteiger partial charge in [-0.1, -0.05) is 49.7 Å². The molecule has 0 aliphatic heterocycles. The third-order valence-electron chi connectivity index (χ3n) is 3.86. The molecule has 3 aromatic rings. The number of halogens is 1. The summed E-state index contributed by atoms with van der Waals surface area (Å²) >= 11 is 8.08. The minimum Gasteiger partial charge on any atom is -0.294 e. The molecule has 0 aliphatic rings. The van der Waals surface area contributed by atoms with Gasteiger partial charge in [0.05, 0.1) is 0 Å². The first-order valence-electron chi connectivity index (χ1n) is 7.78.